The van der Waals surface area contributed by atoms with E-state index >= 15 is 0 Å². The van der Waals surface area contributed by atoms with Crippen LogP contribution >= 0.6 is 0 Å². The summed E-state index contributed by atoms with van der Waals surface area (Å²) in [6.07, 6.45) is 4.38. The molecule has 0 spiro atoms. The fraction of sp³-hybridized carbons (Fsp3) is 0.267. The minimum absolute atomic E-state index is 0.0413. The zero-order valence-electron chi connectivity index (χ0n) is 11.0. The molecule has 4 heteroatoms. The molecule has 0 saturated carbocycles. The van der Waals surface area contributed by atoms with Crippen LogP contribution in [0, 0.1) is 0 Å². The molecule has 2 rings (SSSR count). The maximum atomic E-state index is 11.7. The van der Waals surface area contributed by atoms with Crippen LogP contribution in [0.2, 0.25) is 0 Å². The smallest absolute Gasteiger partial charge is 0.222 e. The van der Waals surface area contributed by atoms with E-state index in [1.54, 1.807) is 7.11 Å². The van der Waals surface area contributed by atoms with Crippen LogP contribution < -0.4 is 10.1 Å². The van der Waals surface area contributed by atoms with Gasteiger partial charge in [0.2, 0.25) is 5.91 Å². The maximum absolute atomic E-state index is 11.7. The first-order chi connectivity index (χ1) is 9.29. The van der Waals surface area contributed by atoms with E-state index in [1.165, 1.54) is 0 Å². The quantitative estimate of drug-likeness (QED) is 0.863. The Labute approximate surface area is 113 Å². The third kappa shape index (κ3) is 3.88. The highest BCUT2D eigenvalue weighted by Gasteiger charge is 2.04. The van der Waals surface area contributed by atoms with Crippen molar-refractivity contribution in [2.75, 3.05) is 7.11 Å². The number of aryl methyl sites for hydroxylation is 1. The molecule has 0 atom stereocenters. The van der Waals surface area contributed by atoms with Crippen molar-refractivity contribution in [3.8, 4) is 5.75 Å². The molecule has 1 aromatic carbocycles. The molecule has 1 N–H and O–H groups in total. The largest absolute Gasteiger partial charge is 0.496 e. The molecule has 0 aliphatic heterocycles. The zero-order chi connectivity index (χ0) is 13.5. The molecule has 0 unspecified atom stereocenters. The Morgan fingerprint density at radius 3 is 2.68 bits per heavy atom. The number of ether oxygens (including phenoxy) is 1. The molecule has 19 heavy (non-hydrogen) atoms. The minimum Gasteiger partial charge on any atom is -0.496 e. The van der Waals surface area contributed by atoms with E-state index < -0.39 is 0 Å². The number of para-hydroxylation sites is 1. The van der Waals surface area contributed by atoms with Gasteiger partial charge in [0, 0.05) is 37.5 Å². The fourth-order valence-electron chi connectivity index (χ4n) is 1.88. The number of nitrogens with one attached hydrogen (secondary N) is 1. The molecular weight excluding hydrogens is 240 g/mol. The lowest BCUT2D eigenvalue weighted by Crippen LogP contribution is -2.24. The number of hydrogen-bond acceptors (Lipinski definition) is 2. The second-order valence-electron chi connectivity index (χ2n) is 4.26. The zero-order valence-corrected chi connectivity index (χ0v) is 11.0. The van der Waals surface area contributed by atoms with E-state index in [9.17, 15) is 4.79 Å². The van der Waals surface area contributed by atoms with Gasteiger partial charge >= 0.3 is 0 Å². The van der Waals surface area contributed by atoms with Gasteiger partial charge in [0.25, 0.3) is 0 Å². The Morgan fingerprint density at radius 1 is 1.21 bits per heavy atom. The summed E-state index contributed by atoms with van der Waals surface area (Å²) in [7, 11) is 1.63. The molecule has 1 aromatic heterocycles. The Bertz CT molecular complexity index is 521. The summed E-state index contributed by atoms with van der Waals surface area (Å²) in [6, 6.07) is 11.6. The van der Waals surface area contributed by atoms with Crippen molar-refractivity contribution in [1.29, 1.82) is 0 Å². The van der Waals surface area contributed by atoms with Crippen LogP contribution in [0.4, 0.5) is 0 Å². The van der Waals surface area contributed by atoms with E-state index in [1.807, 2.05) is 53.4 Å². The van der Waals surface area contributed by atoms with Crippen LogP contribution in [0.3, 0.4) is 0 Å². The summed E-state index contributed by atoms with van der Waals surface area (Å²) in [5.41, 5.74) is 0.985. The third-order valence-electron chi connectivity index (χ3n) is 2.93. The van der Waals surface area contributed by atoms with E-state index in [-0.39, 0.29) is 5.91 Å². The Kier molecular flexibility index (Phi) is 4.61. The normalized spacial score (nSPS) is 10.2. The van der Waals surface area contributed by atoms with Gasteiger partial charge in [-0.1, -0.05) is 18.2 Å². The van der Waals surface area contributed by atoms with Crippen molar-refractivity contribution in [3.05, 3.63) is 54.4 Å². The predicted octanol–water partition coefficient (Wildman–Crippen LogP) is 2.20. The molecule has 2 aromatic rings. The SMILES string of the molecule is COc1ccccc1CNC(=O)CCn1cccc1. The average molecular weight is 258 g/mol. The summed E-state index contributed by atoms with van der Waals surface area (Å²) in [4.78, 5) is 11.7. The van der Waals surface area contributed by atoms with Crippen molar-refractivity contribution in [2.24, 2.45) is 0 Å². The predicted molar refractivity (Wildman–Crippen MR) is 73.9 cm³/mol. The van der Waals surface area contributed by atoms with Crippen molar-refractivity contribution in [3.63, 3.8) is 0 Å². The topological polar surface area (TPSA) is 43.3 Å². The van der Waals surface area contributed by atoms with Gasteiger partial charge in [0.05, 0.1) is 7.11 Å². The van der Waals surface area contributed by atoms with Crippen LogP contribution in [0.25, 0.3) is 0 Å². The molecule has 0 radical (unpaired) electrons. The van der Waals surface area contributed by atoms with Crippen LogP contribution in [-0.2, 0) is 17.9 Å². The first kappa shape index (κ1) is 13.2. The molecule has 0 bridgehead atoms. The van der Waals surface area contributed by atoms with E-state index in [2.05, 4.69) is 5.32 Å². The molecule has 1 heterocycles. The van der Waals surface area contributed by atoms with Gasteiger partial charge in [-0.05, 0) is 18.2 Å². The van der Waals surface area contributed by atoms with Gasteiger partial charge < -0.3 is 14.6 Å². The van der Waals surface area contributed by atoms with Gasteiger partial charge in [-0.15, -0.1) is 0 Å². The van der Waals surface area contributed by atoms with Crippen LogP contribution in [0.15, 0.2) is 48.8 Å². The standard InChI is InChI=1S/C15H18N2O2/c1-19-14-7-3-2-6-13(14)12-16-15(18)8-11-17-9-4-5-10-17/h2-7,9-10H,8,11-12H2,1H3,(H,16,18). The number of carbonyl (C=O) groups excluding carboxylic acids is 1. The van der Waals surface area contributed by atoms with Crippen molar-refractivity contribution >= 4 is 5.91 Å². The summed E-state index contributed by atoms with van der Waals surface area (Å²) in [5.74, 6) is 0.841. The lowest BCUT2D eigenvalue weighted by atomic mass is 10.2. The fourth-order valence-corrected chi connectivity index (χ4v) is 1.88. The minimum atomic E-state index is 0.0413. The molecule has 0 aliphatic carbocycles. The number of benzene rings is 1. The summed E-state index contributed by atoms with van der Waals surface area (Å²) < 4.78 is 7.23. The Balaban J connectivity index is 1.80. The number of aromatic nitrogens is 1. The van der Waals surface area contributed by atoms with Gasteiger partial charge in [-0.25, -0.2) is 0 Å². The highest BCUT2D eigenvalue weighted by Crippen LogP contribution is 2.16. The maximum Gasteiger partial charge on any atom is 0.222 e. The van der Waals surface area contributed by atoms with Crippen LogP contribution in [0.1, 0.15) is 12.0 Å². The van der Waals surface area contributed by atoms with Crippen LogP contribution in [0.5, 0.6) is 5.75 Å². The number of nitrogens with zero attached hydrogens (tertiary/aromatic N) is 1. The average Bonchev–Trinajstić information content (AvgIpc) is 2.96. The second kappa shape index (κ2) is 6.64. The number of carbonyl (C=O) groups is 1. The number of methoxy groups -OCH3 is 1. The van der Waals surface area contributed by atoms with E-state index in [0.717, 1.165) is 11.3 Å². The molecule has 4 nitrogen and oxygen atoms in total. The number of amides is 1. The highest BCUT2D eigenvalue weighted by atomic mass is 16.5. The summed E-state index contributed by atoms with van der Waals surface area (Å²) >= 11 is 0. The van der Waals surface area contributed by atoms with Gasteiger partial charge in [-0.3, -0.25) is 4.79 Å². The molecule has 100 valence electrons. The molecule has 1 amide bonds. The highest BCUT2D eigenvalue weighted by molar-refractivity contribution is 5.75. The van der Waals surface area contributed by atoms with Crippen molar-refractivity contribution < 1.29 is 9.53 Å². The Hall–Kier alpha value is -2.23. The second-order valence-corrected chi connectivity index (χ2v) is 4.26. The van der Waals surface area contributed by atoms with Crippen LogP contribution in [-0.4, -0.2) is 17.6 Å². The Morgan fingerprint density at radius 2 is 1.95 bits per heavy atom. The van der Waals surface area contributed by atoms with E-state index in [4.69, 9.17) is 4.74 Å². The first-order valence-electron chi connectivity index (χ1n) is 6.29. The monoisotopic (exact) mass is 258 g/mol. The number of hydrogen-bond donors (Lipinski definition) is 1. The lowest BCUT2D eigenvalue weighted by Gasteiger charge is -2.09. The molecule has 0 fully saturated rings. The molecular formula is C15H18N2O2. The third-order valence-corrected chi connectivity index (χ3v) is 2.93. The van der Waals surface area contributed by atoms with E-state index in [0.29, 0.717) is 19.5 Å². The summed E-state index contributed by atoms with van der Waals surface area (Å²) in [6.45, 7) is 1.19. The molecule has 0 aliphatic rings. The van der Waals surface area contributed by atoms with Gasteiger partial charge in [0.1, 0.15) is 5.75 Å². The molecule has 0 saturated heterocycles. The summed E-state index contributed by atoms with van der Waals surface area (Å²) in [5, 5.41) is 2.90. The lowest BCUT2D eigenvalue weighted by molar-refractivity contribution is -0.121. The van der Waals surface area contributed by atoms with Gasteiger partial charge in [-0.2, -0.15) is 0 Å². The van der Waals surface area contributed by atoms with Crippen molar-refractivity contribution in [2.45, 2.75) is 19.5 Å². The first-order valence-corrected chi connectivity index (χ1v) is 6.29. The van der Waals surface area contributed by atoms with Crippen molar-refractivity contribution in [1.82, 2.24) is 9.88 Å². The van der Waals surface area contributed by atoms with Gasteiger partial charge in [0.15, 0.2) is 0 Å². The number of rotatable bonds is 6.